The van der Waals surface area contributed by atoms with Crippen molar-refractivity contribution in [3.05, 3.63) is 0 Å². The van der Waals surface area contributed by atoms with Crippen LogP contribution in [0.3, 0.4) is 0 Å². The predicted octanol–water partition coefficient (Wildman–Crippen LogP) is 2.78. The molecule has 2 rings (SSSR count). The van der Waals surface area contributed by atoms with Gasteiger partial charge < -0.3 is 9.47 Å². The highest BCUT2D eigenvalue weighted by Gasteiger charge is 2.20. The number of ether oxygens (including phenoxy) is 2. The summed E-state index contributed by atoms with van der Waals surface area (Å²) in [5, 5.41) is 0. The SMILES string of the molecule is CC.CC1CCCO1.CC1CCOC1=O. The molecule has 2 unspecified atom stereocenters. The number of cyclic esters (lactones) is 1. The van der Waals surface area contributed by atoms with Gasteiger partial charge in [0.05, 0.1) is 18.6 Å². The van der Waals surface area contributed by atoms with Gasteiger partial charge in [0.2, 0.25) is 0 Å². The number of hydrogen-bond donors (Lipinski definition) is 0. The summed E-state index contributed by atoms with van der Waals surface area (Å²) in [6, 6.07) is 0. The van der Waals surface area contributed by atoms with Gasteiger partial charge in [0.15, 0.2) is 0 Å². The fourth-order valence-corrected chi connectivity index (χ4v) is 1.34. The van der Waals surface area contributed by atoms with E-state index < -0.39 is 0 Å². The minimum atomic E-state index is -0.0417. The Kier molecular flexibility index (Phi) is 8.38. The third kappa shape index (κ3) is 6.50. The summed E-state index contributed by atoms with van der Waals surface area (Å²) in [5.41, 5.74) is 0. The lowest BCUT2D eigenvalue weighted by Gasteiger charge is -1.94. The largest absolute Gasteiger partial charge is 0.465 e. The first-order chi connectivity index (χ1) is 7.20. The van der Waals surface area contributed by atoms with Crippen molar-refractivity contribution in [3.63, 3.8) is 0 Å². The second-order valence-corrected chi connectivity index (χ2v) is 3.68. The maximum atomic E-state index is 10.4. The molecule has 0 aromatic heterocycles. The van der Waals surface area contributed by atoms with Crippen molar-refractivity contribution < 1.29 is 14.3 Å². The molecule has 3 heteroatoms. The smallest absolute Gasteiger partial charge is 0.308 e. The molecule has 0 radical (unpaired) electrons. The van der Waals surface area contributed by atoms with Crippen molar-refractivity contribution in [1.82, 2.24) is 0 Å². The molecule has 2 aliphatic rings. The highest BCUT2D eigenvalue weighted by molar-refractivity contribution is 5.73. The first-order valence-corrected chi connectivity index (χ1v) is 5.98. The van der Waals surface area contributed by atoms with Gasteiger partial charge in [-0.1, -0.05) is 20.8 Å². The monoisotopic (exact) mass is 216 g/mol. The van der Waals surface area contributed by atoms with Crippen molar-refractivity contribution in [3.8, 4) is 0 Å². The molecule has 0 amide bonds. The Morgan fingerprint density at radius 2 is 1.80 bits per heavy atom. The molecule has 3 nitrogen and oxygen atoms in total. The molecular formula is C12H24O3. The zero-order chi connectivity index (χ0) is 11.7. The highest BCUT2D eigenvalue weighted by atomic mass is 16.5. The normalized spacial score (nSPS) is 28.4. The summed E-state index contributed by atoms with van der Waals surface area (Å²) >= 11 is 0. The fourth-order valence-electron chi connectivity index (χ4n) is 1.34. The lowest BCUT2D eigenvalue weighted by atomic mass is 10.2. The van der Waals surface area contributed by atoms with Crippen molar-refractivity contribution in [1.29, 1.82) is 0 Å². The maximum absolute atomic E-state index is 10.4. The number of carbonyl (C=O) groups is 1. The van der Waals surface area contributed by atoms with Crippen molar-refractivity contribution in [2.75, 3.05) is 13.2 Å². The summed E-state index contributed by atoms with van der Waals surface area (Å²) in [6.07, 6.45) is 3.98. The molecule has 0 bridgehead atoms. The van der Waals surface area contributed by atoms with Crippen LogP contribution in [0.4, 0.5) is 0 Å². The van der Waals surface area contributed by atoms with Gasteiger partial charge in [-0.05, 0) is 26.2 Å². The molecular weight excluding hydrogens is 192 g/mol. The van der Waals surface area contributed by atoms with E-state index in [1.807, 2.05) is 20.8 Å². The number of hydrogen-bond acceptors (Lipinski definition) is 3. The van der Waals surface area contributed by atoms with Crippen molar-refractivity contribution >= 4 is 5.97 Å². The van der Waals surface area contributed by atoms with E-state index >= 15 is 0 Å². The van der Waals surface area contributed by atoms with Crippen molar-refractivity contribution in [2.24, 2.45) is 5.92 Å². The number of carbonyl (C=O) groups excluding carboxylic acids is 1. The van der Waals surface area contributed by atoms with Crippen LogP contribution in [-0.4, -0.2) is 25.3 Å². The van der Waals surface area contributed by atoms with Gasteiger partial charge >= 0.3 is 5.97 Å². The van der Waals surface area contributed by atoms with Crippen LogP contribution in [0.2, 0.25) is 0 Å². The molecule has 0 N–H and O–H groups in total. The molecule has 2 heterocycles. The van der Waals surface area contributed by atoms with Crippen LogP contribution in [-0.2, 0) is 14.3 Å². The lowest BCUT2D eigenvalue weighted by molar-refractivity contribution is -0.140. The summed E-state index contributed by atoms with van der Waals surface area (Å²) < 4.78 is 9.78. The second kappa shape index (κ2) is 8.72. The second-order valence-electron chi connectivity index (χ2n) is 3.68. The van der Waals surface area contributed by atoms with E-state index in [9.17, 15) is 4.79 Å². The van der Waals surface area contributed by atoms with Crippen LogP contribution in [0.25, 0.3) is 0 Å². The Morgan fingerprint density at radius 1 is 1.13 bits per heavy atom. The van der Waals surface area contributed by atoms with E-state index in [1.165, 1.54) is 12.8 Å². The van der Waals surface area contributed by atoms with E-state index in [0.29, 0.717) is 12.7 Å². The molecule has 2 saturated heterocycles. The Balaban J connectivity index is 0.000000227. The minimum absolute atomic E-state index is 0.0417. The molecule has 0 aromatic rings. The standard InChI is InChI=1S/C5H8O2.C5H10O.C2H6/c1-4-2-3-7-5(4)6;1-5-3-2-4-6-5;1-2/h4H,2-3H2,1H3;5H,2-4H2,1H3;1-2H3. The Labute approximate surface area is 93.1 Å². The molecule has 0 spiro atoms. The van der Waals surface area contributed by atoms with Crippen LogP contribution >= 0.6 is 0 Å². The zero-order valence-corrected chi connectivity index (χ0v) is 10.4. The fraction of sp³-hybridized carbons (Fsp3) is 0.917. The molecule has 0 aliphatic carbocycles. The van der Waals surface area contributed by atoms with Crippen molar-refractivity contribution in [2.45, 2.75) is 53.1 Å². The molecule has 90 valence electrons. The molecule has 0 saturated carbocycles. The molecule has 0 aromatic carbocycles. The van der Waals surface area contributed by atoms with E-state index in [2.05, 4.69) is 11.7 Å². The van der Waals surface area contributed by atoms with Gasteiger partial charge in [-0.25, -0.2) is 0 Å². The van der Waals surface area contributed by atoms with Crippen LogP contribution in [0.1, 0.15) is 47.0 Å². The van der Waals surface area contributed by atoms with Gasteiger partial charge in [0.25, 0.3) is 0 Å². The molecule has 2 fully saturated rings. The first-order valence-electron chi connectivity index (χ1n) is 5.98. The summed E-state index contributed by atoms with van der Waals surface area (Å²) in [4.78, 5) is 10.4. The molecule has 15 heavy (non-hydrogen) atoms. The van der Waals surface area contributed by atoms with Gasteiger partial charge in [-0.3, -0.25) is 4.79 Å². The molecule has 2 aliphatic heterocycles. The van der Waals surface area contributed by atoms with Gasteiger partial charge in [-0.15, -0.1) is 0 Å². The molecule has 2 atom stereocenters. The Hall–Kier alpha value is -0.570. The van der Waals surface area contributed by atoms with Gasteiger partial charge in [0.1, 0.15) is 0 Å². The van der Waals surface area contributed by atoms with Crippen LogP contribution in [0.15, 0.2) is 0 Å². The quantitative estimate of drug-likeness (QED) is 0.584. The summed E-state index contributed by atoms with van der Waals surface area (Å²) in [5.74, 6) is 0.111. The summed E-state index contributed by atoms with van der Waals surface area (Å²) in [7, 11) is 0. The van der Waals surface area contributed by atoms with E-state index in [-0.39, 0.29) is 11.9 Å². The number of rotatable bonds is 0. The van der Waals surface area contributed by atoms with Crippen LogP contribution in [0, 0.1) is 5.92 Å². The summed E-state index contributed by atoms with van der Waals surface area (Å²) in [6.45, 7) is 9.61. The van der Waals surface area contributed by atoms with Gasteiger partial charge in [-0.2, -0.15) is 0 Å². The maximum Gasteiger partial charge on any atom is 0.308 e. The van der Waals surface area contributed by atoms with E-state index in [4.69, 9.17) is 4.74 Å². The van der Waals surface area contributed by atoms with Gasteiger partial charge in [0, 0.05) is 6.61 Å². The number of esters is 1. The average molecular weight is 216 g/mol. The topological polar surface area (TPSA) is 35.5 Å². The third-order valence-electron chi connectivity index (χ3n) is 2.35. The first kappa shape index (κ1) is 14.4. The van der Waals surface area contributed by atoms with E-state index in [1.54, 1.807) is 0 Å². The van der Waals surface area contributed by atoms with Crippen LogP contribution in [0.5, 0.6) is 0 Å². The zero-order valence-electron chi connectivity index (χ0n) is 10.4. The Morgan fingerprint density at radius 3 is 1.93 bits per heavy atom. The van der Waals surface area contributed by atoms with Crippen LogP contribution < -0.4 is 0 Å². The minimum Gasteiger partial charge on any atom is -0.465 e. The Bertz CT molecular complexity index is 162. The average Bonchev–Trinajstić information content (AvgIpc) is 2.84. The predicted molar refractivity (Wildman–Crippen MR) is 60.7 cm³/mol. The van der Waals surface area contributed by atoms with E-state index in [0.717, 1.165) is 13.0 Å². The lowest BCUT2D eigenvalue weighted by Crippen LogP contribution is -2.00. The third-order valence-corrected chi connectivity index (χ3v) is 2.35. The highest BCUT2D eigenvalue weighted by Crippen LogP contribution is 2.11.